The van der Waals surface area contributed by atoms with Crippen LogP contribution in [0.1, 0.15) is 42.7 Å². The van der Waals surface area contributed by atoms with Crippen LogP contribution >= 0.6 is 0 Å². The van der Waals surface area contributed by atoms with Crippen molar-refractivity contribution in [1.82, 2.24) is 4.90 Å². The van der Waals surface area contributed by atoms with Gasteiger partial charge in [-0.15, -0.1) is 0 Å². The van der Waals surface area contributed by atoms with Gasteiger partial charge in [0.15, 0.2) is 0 Å². The van der Waals surface area contributed by atoms with Gasteiger partial charge >= 0.3 is 12.1 Å². The molecule has 2 aliphatic rings. The molecule has 27 heavy (non-hydrogen) atoms. The molecule has 1 aromatic carbocycles. The molecule has 149 valence electrons. The summed E-state index contributed by atoms with van der Waals surface area (Å²) in [4.78, 5) is 15.4. The summed E-state index contributed by atoms with van der Waals surface area (Å²) in [5.74, 6) is -1.53. The SMILES string of the molecule is [CH2]c1ccc(C2CCN(C)CC2)cc1N(C(=O)C(F)(F)F)C1CCOCC1. The van der Waals surface area contributed by atoms with Crippen LogP contribution in [0.2, 0.25) is 0 Å². The zero-order valence-corrected chi connectivity index (χ0v) is 15.6. The Bertz CT molecular complexity index is 664. The van der Waals surface area contributed by atoms with E-state index in [0.717, 1.165) is 36.4 Å². The van der Waals surface area contributed by atoms with E-state index >= 15 is 0 Å². The number of carbonyl (C=O) groups excluding carboxylic acids is 1. The number of alkyl halides is 3. The van der Waals surface area contributed by atoms with Gasteiger partial charge in [-0.2, -0.15) is 13.2 Å². The Labute approximate surface area is 158 Å². The van der Waals surface area contributed by atoms with Crippen LogP contribution in [-0.4, -0.2) is 56.4 Å². The highest BCUT2D eigenvalue weighted by Crippen LogP contribution is 2.35. The third-order valence-electron chi connectivity index (χ3n) is 5.58. The summed E-state index contributed by atoms with van der Waals surface area (Å²) in [6, 6.07) is 4.89. The molecule has 0 unspecified atom stereocenters. The number of amides is 1. The molecule has 2 aliphatic heterocycles. The van der Waals surface area contributed by atoms with Gasteiger partial charge in [-0.05, 0) is 75.9 Å². The number of likely N-dealkylation sites (tertiary alicyclic amines) is 1. The highest BCUT2D eigenvalue weighted by molar-refractivity contribution is 5.98. The molecular formula is C20H26F3N2O2. The average molecular weight is 383 g/mol. The van der Waals surface area contributed by atoms with Crippen LogP contribution in [-0.2, 0) is 9.53 Å². The van der Waals surface area contributed by atoms with E-state index < -0.39 is 18.1 Å². The molecule has 7 heteroatoms. The molecule has 1 radical (unpaired) electrons. The van der Waals surface area contributed by atoms with E-state index in [9.17, 15) is 18.0 Å². The third kappa shape index (κ3) is 4.63. The van der Waals surface area contributed by atoms with Crippen LogP contribution < -0.4 is 4.90 Å². The summed E-state index contributed by atoms with van der Waals surface area (Å²) in [6.07, 6.45) is -2.23. The molecule has 0 aliphatic carbocycles. The summed E-state index contributed by atoms with van der Waals surface area (Å²) in [5, 5.41) is 0. The van der Waals surface area contributed by atoms with Crippen LogP contribution in [0, 0.1) is 6.92 Å². The van der Waals surface area contributed by atoms with Crippen LogP contribution in [0.25, 0.3) is 0 Å². The van der Waals surface area contributed by atoms with E-state index in [2.05, 4.69) is 18.9 Å². The number of halogens is 3. The summed E-state index contributed by atoms with van der Waals surface area (Å²) in [6.45, 7) is 6.52. The molecule has 3 rings (SSSR count). The van der Waals surface area contributed by atoms with Gasteiger partial charge in [0.1, 0.15) is 0 Å². The first-order valence-corrected chi connectivity index (χ1v) is 9.40. The molecule has 0 saturated carbocycles. The van der Waals surface area contributed by atoms with Crippen LogP contribution in [0.5, 0.6) is 0 Å². The fourth-order valence-corrected chi connectivity index (χ4v) is 3.95. The van der Waals surface area contributed by atoms with Gasteiger partial charge in [0, 0.05) is 24.9 Å². The fraction of sp³-hybridized carbons (Fsp3) is 0.600. The lowest BCUT2D eigenvalue weighted by Crippen LogP contribution is -2.49. The highest BCUT2D eigenvalue weighted by atomic mass is 19.4. The monoisotopic (exact) mass is 383 g/mol. The van der Waals surface area contributed by atoms with Crippen LogP contribution in [0.3, 0.4) is 0 Å². The van der Waals surface area contributed by atoms with Gasteiger partial charge in [0.2, 0.25) is 0 Å². The standard InChI is InChI=1S/C20H26F3N2O2/c1-14-3-4-16(15-5-9-24(2)10-6-15)13-18(14)25(19(26)20(21,22)23)17-7-11-27-12-8-17/h3-4,13,15,17H,1,5-12H2,2H3. The van der Waals surface area contributed by atoms with Crippen molar-refractivity contribution in [2.75, 3.05) is 38.3 Å². The second-order valence-electron chi connectivity index (χ2n) is 7.48. The zero-order valence-electron chi connectivity index (χ0n) is 15.6. The second-order valence-corrected chi connectivity index (χ2v) is 7.48. The number of rotatable bonds is 3. The summed E-state index contributed by atoms with van der Waals surface area (Å²) < 4.78 is 45.2. The zero-order chi connectivity index (χ0) is 19.6. The third-order valence-corrected chi connectivity index (χ3v) is 5.58. The number of hydrogen-bond donors (Lipinski definition) is 0. The number of nitrogens with zero attached hydrogens (tertiary/aromatic N) is 2. The molecule has 2 heterocycles. The first kappa shape index (κ1) is 20.1. The van der Waals surface area contributed by atoms with Crippen molar-refractivity contribution in [3.05, 3.63) is 36.2 Å². The first-order valence-electron chi connectivity index (χ1n) is 9.40. The summed E-state index contributed by atoms with van der Waals surface area (Å²) >= 11 is 0. The minimum Gasteiger partial charge on any atom is -0.381 e. The van der Waals surface area contributed by atoms with E-state index in [0.29, 0.717) is 31.6 Å². The lowest BCUT2D eigenvalue weighted by molar-refractivity contribution is -0.171. The normalized spacial score (nSPS) is 20.6. The topological polar surface area (TPSA) is 32.8 Å². The van der Waals surface area contributed by atoms with Crippen molar-refractivity contribution in [1.29, 1.82) is 0 Å². The van der Waals surface area contributed by atoms with Crippen molar-refractivity contribution >= 4 is 11.6 Å². The highest BCUT2D eigenvalue weighted by Gasteiger charge is 2.46. The number of carbonyl (C=O) groups is 1. The Morgan fingerprint density at radius 3 is 2.41 bits per heavy atom. The minimum atomic E-state index is -4.92. The van der Waals surface area contributed by atoms with E-state index in [-0.39, 0.29) is 11.6 Å². The summed E-state index contributed by atoms with van der Waals surface area (Å²) in [7, 11) is 2.07. The van der Waals surface area contributed by atoms with Crippen molar-refractivity contribution in [3.8, 4) is 0 Å². The summed E-state index contributed by atoms with van der Waals surface area (Å²) in [5.41, 5.74) is 1.70. The van der Waals surface area contributed by atoms with Crippen molar-refractivity contribution in [3.63, 3.8) is 0 Å². The van der Waals surface area contributed by atoms with Gasteiger partial charge in [0.05, 0.1) is 0 Å². The van der Waals surface area contributed by atoms with E-state index in [1.165, 1.54) is 0 Å². The molecular weight excluding hydrogens is 357 g/mol. The van der Waals surface area contributed by atoms with Crippen LogP contribution in [0.4, 0.5) is 18.9 Å². The molecule has 0 N–H and O–H groups in total. The smallest absolute Gasteiger partial charge is 0.381 e. The number of ether oxygens (including phenoxy) is 1. The fourth-order valence-electron chi connectivity index (χ4n) is 3.95. The van der Waals surface area contributed by atoms with E-state index in [1.807, 2.05) is 6.07 Å². The molecule has 1 aromatic rings. The minimum absolute atomic E-state index is 0.278. The van der Waals surface area contributed by atoms with Gasteiger partial charge in [-0.3, -0.25) is 4.79 Å². The average Bonchev–Trinajstić information content (AvgIpc) is 2.64. The predicted octanol–water partition coefficient (Wildman–Crippen LogP) is 3.75. The molecule has 2 saturated heterocycles. The van der Waals surface area contributed by atoms with Crippen LogP contribution in [0.15, 0.2) is 18.2 Å². The number of benzene rings is 1. The van der Waals surface area contributed by atoms with Crippen molar-refractivity contribution in [2.24, 2.45) is 0 Å². The molecule has 2 fully saturated rings. The molecule has 0 bridgehead atoms. The van der Waals surface area contributed by atoms with E-state index in [1.54, 1.807) is 12.1 Å². The Morgan fingerprint density at radius 1 is 1.19 bits per heavy atom. The van der Waals surface area contributed by atoms with E-state index in [4.69, 9.17) is 4.74 Å². The Hall–Kier alpha value is -1.60. The Morgan fingerprint density at radius 2 is 1.81 bits per heavy atom. The lowest BCUT2D eigenvalue weighted by Gasteiger charge is -2.36. The largest absolute Gasteiger partial charge is 0.471 e. The maximum absolute atomic E-state index is 13.3. The molecule has 0 spiro atoms. The second kappa shape index (κ2) is 8.19. The molecule has 0 atom stereocenters. The maximum atomic E-state index is 13.3. The van der Waals surface area contributed by atoms with Gasteiger partial charge in [-0.25, -0.2) is 0 Å². The molecule has 4 nitrogen and oxygen atoms in total. The first-order chi connectivity index (χ1) is 12.8. The number of piperidine rings is 1. The molecule has 1 amide bonds. The molecule has 0 aromatic heterocycles. The Balaban J connectivity index is 1.95. The van der Waals surface area contributed by atoms with Gasteiger partial charge < -0.3 is 14.5 Å². The number of anilines is 1. The van der Waals surface area contributed by atoms with Gasteiger partial charge in [0.25, 0.3) is 0 Å². The number of hydrogen-bond acceptors (Lipinski definition) is 3. The maximum Gasteiger partial charge on any atom is 0.471 e. The lowest BCUT2D eigenvalue weighted by atomic mass is 9.88. The predicted molar refractivity (Wildman–Crippen MR) is 97.8 cm³/mol. The van der Waals surface area contributed by atoms with Crippen molar-refractivity contribution < 1.29 is 22.7 Å². The van der Waals surface area contributed by atoms with Crippen molar-refractivity contribution in [2.45, 2.75) is 43.8 Å². The quantitative estimate of drug-likeness (QED) is 0.797. The Kier molecular flexibility index (Phi) is 6.11. The van der Waals surface area contributed by atoms with Gasteiger partial charge in [-0.1, -0.05) is 12.1 Å².